The molecule has 0 spiro atoms. The van der Waals surface area contributed by atoms with Gasteiger partial charge < -0.3 is 15.0 Å². The van der Waals surface area contributed by atoms with Crippen LogP contribution in [-0.4, -0.2) is 37.2 Å². The highest BCUT2D eigenvalue weighted by atomic mass is 35.5. The minimum atomic E-state index is 0.00148. The van der Waals surface area contributed by atoms with Crippen molar-refractivity contribution in [1.29, 1.82) is 0 Å². The number of likely N-dealkylation sites (tertiary alicyclic amines) is 1. The number of carbonyl (C=O) groups is 1. The second kappa shape index (κ2) is 7.66. The molecule has 1 aliphatic heterocycles. The maximum absolute atomic E-state index is 12.1. The standard InChI is InChI=1S/C16H23ClN2O2/c1-3-21-11-14-6-7-19(10-14)16(20)18-9-13-4-5-15(17)12(2)8-13/h4-5,8,14H,3,6-7,9-11H2,1-2H3,(H,18,20). The Balaban J connectivity index is 1.78. The predicted molar refractivity (Wildman–Crippen MR) is 84.6 cm³/mol. The molecule has 2 amide bonds. The molecule has 21 heavy (non-hydrogen) atoms. The zero-order valence-electron chi connectivity index (χ0n) is 12.7. The lowest BCUT2D eigenvalue weighted by molar-refractivity contribution is 0.113. The number of halogens is 1. The summed E-state index contributed by atoms with van der Waals surface area (Å²) in [4.78, 5) is 14.0. The fourth-order valence-corrected chi connectivity index (χ4v) is 2.66. The Morgan fingerprint density at radius 3 is 3.05 bits per heavy atom. The quantitative estimate of drug-likeness (QED) is 0.907. The van der Waals surface area contributed by atoms with Crippen LogP contribution in [0.25, 0.3) is 0 Å². The first-order valence-corrected chi connectivity index (χ1v) is 7.83. The van der Waals surface area contributed by atoms with E-state index in [2.05, 4.69) is 5.32 Å². The number of ether oxygens (including phenoxy) is 1. The van der Waals surface area contributed by atoms with Crippen LogP contribution >= 0.6 is 11.6 Å². The average molecular weight is 311 g/mol. The van der Waals surface area contributed by atoms with Crippen molar-refractivity contribution >= 4 is 17.6 Å². The fraction of sp³-hybridized carbons (Fsp3) is 0.562. The van der Waals surface area contributed by atoms with E-state index < -0.39 is 0 Å². The Bertz CT molecular complexity index is 493. The van der Waals surface area contributed by atoms with Gasteiger partial charge in [0.15, 0.2) is 0 Å². The molecule has 2 rings (SSSR count). The molecule has 1 atom stereocenters. The lowest BCUT2D eigenvalue weighted by atomic mass is 10.1. The van der Waals surface area contributed by atoms with Crippen LogP contribution in [0.15, 0.2) is 18.2 Å². The molecule has 0 aromatic heterocycles. The first-order chi connectivity index (χ1) is 10.1. The van der Waals surface area contributed by atoms with Gasteiger partial charge in [-0.2, -0.15) is 0 Å². The van der Waals surface area contributed by atoms with E-state index >= 15 is 0 Å². The van der Waals surface area contributed by atoms with E-state index in [0.717, 1.165) is 48.9 Å². The SMILES string of the molecule is CCOCC1CCN(C(=O)NCc2ccc(Cl)c(C)c2)C1. The topological polar surface area (TPSA) is 41.6 Å². The van der Waals surface area contributed by atoms with Gasteiger partial charge in [0.05, 0.1) is 6.61 Å². The zero-order chi connectivity index (χ0) is 15.2. The summed E-state index contributed by atoms with van der Waals surface area (Å²) in [7, 11) is 0. The molecule has 0 bridgehead atoms. The first-order valence-electron chi connectivity index (χ1n) is 7.45. The zero-order valence-corrected chi connectivity index (χ0v) is 13.4. The van der Waals surface area contributed by atoms with E-state index in [9.17, 15) is 4.79 Å². The summed E-state index contributed by atoms with van der Waals surface area (Å²) in [6.45, 7) is 7.56. The number of hydrogen-bond acceptors (Lipinski definition) is 2. The van der Waals surface area contributed by atoms with Crippen molar-refractivity contribution in [3.63, 3.8) is 0 Å². The minimum Gasteiger partial charge on any atom is -0.381 e. The second-order valence-electron chi connectivity index (χ2n) is 5.50. The fourth-order valence-electron chi connectivity index (χ4n) is 2.54. The Hall–Kier alpha value is -1.26. The van der Waals surface area contributed by atoms with Crippen LogP contribution in [0.4, 0.5) is 4.79 Å². The van der Waals surface area contributed by atoms with Crippen LogP contribution in [0.2, 0.25) is 5.02 Å². The summed E-state index contributed by atoms with van der Waals surface area (Å²) in [5, 5.41) is 3.72. The molecule has 0 aliphatic carbocycles. The van der Waals surface area contributed by atoms with Crippen LogP contribution in [0.1, 0.15) is 24.5 Å². The molecular weight excluding hydrogens is 288 g/mol. The number of urea groups is 1. The number of amides is 2. The summed E-state index contributed by atoms with van der Waals surface area (Å²) in [6.07, 6.45) is 1.02. The van der Waals surface area contributed by atoms with Crippen LogP contribution in [0.5, 0.6) is 0 Å². The molecular formula is C16H23ClN2O2. The molecule has 1 saturated heterocycles. The summed E-state index contributed by atoms with van der Waals surface area (Å²) < 4.78 is 5.43. The normalized spacial score (nSPS) is 18.0. The molecule has 116 valence electrons. The van der Waals surface area contributed by atoms with E-state index in [4.69, 9.17) is 16.3 Å². The van der Waals surface area contributed by atoms with Gasteiger partial charge in [-0.3, -0.25) is 0 Å². The molecule has 1 aromatic carbocycles. The van der Waals surface area contributed by atoms with Gasteiger partial charge in [0, 0.05) is 37.2 Å². The number of rotatable bonds is 5. The molecule has 1 unspecified atom stereocenters. The van der Waals surface area contributed by atoms with Crippen molar-refractivity contribution in [2.45, 2.75) is 26.8 Å². The molecule has 1 aromatic rings. The van der Waals surface area contributed by atoms with Gasteiger partial charge >= 0.3 is 6.03 Å². The van der Waals surface area contributed by atoms with Crippen LogP contribution in [0, 0.1) is 12.8 Å². The Labute approximate surface area is 131 Å². The molecule has 4 nitrogen and oxygen atoms in total. The van der Waals surface area contributed by atoms with Crippen molar-refractivity contribution < 1.29 is 9.53 Å². The van der Waals surface area contributed by atoms with Crippen LogP contribution in [-0.2, 0) is 11.3 Å². The second-order valence-corrected chi connectivity index (χ2v) is 5.91. The lowest BCUT2D eigenvalue weighted by Crippen LogP contribution is -2.38. The van der Waals surface area contributed by atoms with Crippen LogP contribution in [0.3, 0.4) is 0 Å². The molecule has 0 saturated carbocycles. The lowest BCUT2D eigenvalue weighted by Gasteiger charge is -2.17. The summed E-state index contributed by atoms with van der Waals surface area (Å²) in [5.41, 5.74) is 2.09. The Kier molecular flexibility index (Phi) is 5.88. The van der Waals surface area contributed by atoms with Gasteiger partial charge in [0.25, 0.3) is 0 Å². The predicted octanol–water partition coefficient (Wildman–Crippen LogP) is 3.22. The molecule has 5 heteroatoms. The van der Waals surface area contributed by atoms with E-state index in [1.807, 2.05) is 36.9 Å². The van der Waals surface area contributed by atoms with E-state index in [0.29, 0.717) is 12.5 Å². The third-order valence-corrected chi connectivity index (χ3v) is 4.22. The summed E-state index contributed by atoms with van der Waals surface area (Å²) in [6, 6.07) is 5.82. The smallest absolute Gasteiger partial charge is 0.317 e. The Morgan fingerprint density at radius 2 is 2.33 bits per heavy atom. The third kappa shape index (κ3) is 4.61. The molecule has 1 heterocycles. The number of carbonyl (C=O) groups excluding carboxylic acids is 1. The Morgan fingerprint density at radius 1 is 1.52 bits per heavy atom. The number of nitrogens with zero attached hydrogens (tertiary/aromatic N) is 1. The summed E-state index contributed by atoms with van der Waals surface area (Å²) in [5.74, 6) is 0.466. The van der Waals surface area contributed by atoms with Crippen LogP contribution < -0.4 is 5.32 Å². The number of benzene rings is 1. The van der Waals surface area contributed by atoms with Crippen molar-refractivity contribution in [2.75, 3.05) is 26.3 Å². The third-order valence-electron chi connectivity index (χ3n) is 3.80. The largest absolute Gasteiger partial charge is 0.381 e. The highest BCUT2D eigenvalue weighted by Crippen LogP contribution is 2.18. The molecule has 0 radical (unpaired) electrons. The first kappa shape index (κ1) is 16.1. The van der Waals surface area contributed by atoms with Gasteiger partial charge in [0.2, 0.25) is 0 Å². The molecule has 1 aliphatic rings. The monoisotopic (exact) mass is 310 g/mol. The van der Waals surface area contributed by atoms with E-state index in [-0.39, 0.29) is 6.03 Å². The summed E-state index contributed by atoms with van der Waals surface area (Å²) >= 11 is 6.00. The van der Waals surface area contributed by atoms with Crippen molar-refractivity contribution in [3.05, 3.63) is 34.3 Å². The van der Waals surface area contributed by atoms with Gasteiger partial charge in [0.1, 0.15) is 0 Å². The van der Waals surface area contributed by atoms with Gasteiger partial charge in [-0.25, -0.2) is 4.79 Å². The maximum atomic E-state index is 12.1. The highest BCUT2D eigenvalue weighted by Gasteiger charge is 2.25. The highest BCUT2D eigenvalue weighted by molar-refractivity contribution is 6.31. The van der Waals surface area contributed by atoms with Gasteiger partial charge in [-0.15, -0.1) is 0 Å². The maximum Gasteiger partial charge on any atom is 0.317 e. The number of nitrogens with one attached hydrogen (secondary N) is 1. The number of aryl methyl sites for hydroxylation is 1. The van der Waals surface area contributed by atoms with Crippen molar-refractivity contribution in [3.8, 4) is 0 Å². The van der Waals surface area contributed by atoms with Crippen molar-refractivity contribution in [2.24, 2.45) is 5.92 Å². The number of hydrogen-bond donors (Lipinski definition) is 1. The minimum absolute atomic E-state index is 0.00148. The van der Waals surface area contributed by atoms with E-state index in [1.165, 1.54) is 0 Å². The van der Waals surface area contributed by atoms with Crippen molar-refractivity contribution in [1.82, 2.24) is 10.2 Å². The van der Waals surface area contributed by atoms with Gasteiger partial charge in [-0.1, -0.05) is 23.7 Å². The average Bonchev–Trinajstić information content (AvgIpc) is 2.95. The molecule has 1 N–H and O–H groups in total. The van der Waals surface area contributed by atoms with E-state index in [1.54, 1.807) is 0 Å². The van der Waals surface area contributed by atoms with Gasteiger partial charge in [-0.05, 0) is 37.5 Å². The molecule has 1 fully saturated rings.